The fourth-order valence-corrected chi connectivity index (χ4v) is 5.16. The molecular weight excluding hydrogens is 408 g/mol. The Labute approximate surface area is 202 Å². The second-order valence-electron chi connectivity index (χ2n) is 9.30. The maximum atomic E-state index is 9.59. The van der Waals surface area contributed by atoms with Gasteiger partial charge in [0.1, 0.15) is 5.75 Å². The van der Waals surface area contributed by atoms with Crippen LogP contribution in [0.1, 0.15) is 115 Å². The standard InChI is InChI=1S/C30H46OS/c1-2-3-4-5-6-7-8-9-10-11-12-13-14-15-16-17-19-27-22-24-29(25-23-27)32-30-21-18-20-28(31)26-30/h18,20-26,31H,2-17,19H2,1H3. The maximum Gasteiger partial charge on any atom is 0.116 e. The lowest BCUT2D eigenvalue weighted by atomic mass is 10.0. The summed E-state index contributed by atoms with van der Waals surface area (Å²) in [5, 5.41) is 9.59. The smallest absolute Gasteiger partial charge is 0.116 e. The molecule has 0 saturated carbocycles. The molecule has 1 nitrogen and oxygen atoms in total. The lowest BCUT2D eigenvalue weighted by molar-refractivity contribution is 0.474. The summed E-state index contributed by atoms with van der Waals surface area (Å²) >= 11 is 1.70. The predicted molar refractivity (Wildman–Crippen MR) is 142 cm³/mol. The van der Waals surface area contributed by atoms with E-state index < -0.39 is 0 Å². The highest BCUT2D eigenvalue weighted by Gasteiger charge is 2.00. The zero-order valence-corrected chi connectivity index (χ0v) is 21.3. The molecule has 2 aromatic carbocycles. The summed E-state index contributed by atoms with van der Waals surface area (Å²) in [6, 6.07) is 16.4. The summed E-state index contributed by atoms with van der Waals surface area (Å²) in [5.41, 5.74) is 1.44. The van der Waals surface area contributed by atoms with Gasteiger partial charge in [-0.25, -0.2) is 0 Å². The molecular formula is C30H46OS. The molecule has 0 saturated heterocycles. The van der Waals surface area contributed by atoms with Crippen LogP contribution >= 0.6 is 11.8 Å². The van der Waals surface area contributed by atoms with Crippen molar-refractivity contribution in [3.8, 4) is 5.75 Å². The van der Waals surface area contributed by atoms with Gasteiger partial charge in [-0.05, 0) is 48.7 Å². The van der Waals surface area contributed by atoms with E-state index in [0.29, 0.717) is 5.75 Å². The van der Waals surface area contributed by atoms with Gasteiger partial charge in [-0.3, -0.25) is 0 Å². The molecule has 0 aromatic heterocycles. The van der Waals surface area contributed by atoms with E-state index in [-0.39, 0.29) is 0 Å². The average molecular weight is 455 g/mol. The fourth-order valence-electron chi connectivity index (χ4n) is 4.28. The van der Waals surface area contributed by atoms with Crippen LogP contribution in [0.4, 0.5) is 0 Å². The van der Waals surface area contributed by atoms with E-state index in [0.717, 1.165) is 4.90 Å². The molecule has 0 spiro atoms. The molecule has 178 valence electrons. The van der Waals surface area contributed by atoms with Gasteiger partial charge in [0.05, 0.1) is 0 Å². The SMILES string of the molecule is CCCCCCCCCCCCCCCCCCc1ccc(Sc2cccc(O)c2)cc1. The van der Waals surface area contributed by atoms with Gasteiger partial charge in [-0.15, -0.1) is 0 Å². The fraction of sp³-hybridized carbons (Fsp3) is 0.600. The van der Waals surface area contributed by atoms with E-state index in [9.17, 15) is 5.11 Å². The number of rotatable bonds is 19. The second-order valence-corrected chi connectivity index (χ2v) is 10.4. The van der Waals surface area contributed by atoms with Crippen LogP contribution in [0.25, 0.3) is 0 Å². The lowest BCUT2D eigenvalue weighted by Gasteiger charge is -2.06. The van der Waals surface area contributed by atoms with Crippen molar-refractivity contribution >= 4 is 11.8 Å². The van der Waals surface area contributed by atoms with Crippen molar-refractivity contribution in [1.29, 1.82) is 0 Å². The Morgan fingerprint density at radius 1 is 0.562 bits per heavy atom. The molecule has 0 aliphatic carbocycles. The van der Waals surface area contributed by atoms with E-state index in [2.05, 4.69) is 31.2 Å². The zero-order valence-electron chi connectivity index (χ0n) is 20.5. The summed E-state index contributed by atoms with van der Waals surface area (Å²) in [7, 11) is 0. The zero-order chi connectivity index (χ0) is 22.7. The van der Waals surface area contributed by atoms with Gasteiger partial charge in [0.25, 0.3) is 0 Å². The van der Waals surface area contributed by atoms with Crippen molar-refractivity contribution < 1.29 is 5.11 Å². The number of phenolic OH excluding ortho intramolecular Hbond substituents is 1. The van der Waals surface area contributed by atoms with Crippen LogP contribution in [0, 0.1) is 0 Å². The summed E-state index contributed by atoms with van der Waals surface area (Å²) < 4.78 is 0. The van der Waals surface area contributed by atoms with Gasteiger partial charge in [-0.2, -0.15) is 0 Å². The van der Waals surface area contributed by atoms with Crippen molar-refractivity contribution in [3.05, 3.63) is 54.1 Å². The van der Waals surface area contributed by atoms with Gasteiger partial charge in [0.15, 0.2) is 0 Å². The third-order valence-corrected chi connectivity index (χ3v) is 7.29. The molecule has 2 rings (SSSR count). The Bertz CT molecular complexity index is 694. The van der Waals surface area contributed by atoms with Gasteiger partial charge in [-0.1, -0.05) is 133 Å². The number of aromatic hydroxyl groups is 1. The monoisotopic (exact) mass is 454 g/mol. The first-order chi connectivity index (χ1) is 15.8. The maximum absolute atomic E-state index is 9.59. The Morgan fingerprint density at radius 2 is 1.06 bits per heavy atom. The minimum atomic E-state index is 0.329. The largest absolute Gasteiger partial charge is 0.508 e. The molecule has 0 amide bonds. The summed E-state index contributed by atoms with van der Waals surface area (Å²) in [4.78, 5) is 2.31. The third-order valence-electron chi connectivity index (χ3n) is 6.30. The number of hydrogen-bond acceptors (Lipinski definition) is 2. The molecule has 0 fully saturated rings. The van der Waals surface area contributed by atoms with Crippen molar-refractivity contribution in [1.82, 2.24) is 0 Å². The highest BCUT2D eigenvalue weighted by atomic mass is 32.2. The van der Waals surface area contributed by atoms with Crippen LogP contribution in [0.5, 0.6) is 5.75 Å². The van der Waals surface area contributed by atoms with E-state index in [4.69, 9.17) is 0 Å². The summed E-state index contributed by atoms with van der Waals surface area (Å²) in [6.45, 7) is 2.29. The van der Waals surface area contributed by atoms with Crippen molar-refractivity contribution in [2.45, 2.75) is 126 Å². The van der Waals surface area contributed by atoms with Crippen LogP contribution in [-0.2, 0) is 6.42 Å². The van der Waals surface area contributed by atoms with Crippen LogP contribution in [0.3, 0.4) is 0 Å². The van der Waals surface area contributed by atoms with Crippen molar-refractivity contribution in [2.24, 2.45) is 0 Å². The quantitative estimate of drug-likeness (QED) is 0.213. The Balaban J connectivity index is 1.39. The molecule has 0 radical (unpaired) electrons. The number of unbranched alkanes of at least 4 members (excludes halogenated alkanes) is 15. The van der Waals surface area contributed by atoms with Gasteiger partial charge in [0, 0.05) is 9.79 Å². The van der Waals surface area contributed by atoms with E-state index >= 15 is 0 Å². The van der Waals surface area contributed by atoms with Crippen molar-refractivity contribution in [3.63, 3.8) is 0 Å². The Morgan fingerprint density at radius 3 is 1.56 bits per heavy atom. The van der Waals surface area contributed by atoms with Gasteiger partial charge >= 0.3 is 0 Å². The third kappa shape index (κ3) is 13.2. The Hall–Kier alpha value is -1.41. The molecule has 2 aromatic rings. The number of aryl methyl sites for hydroxylation is 1. The summed E-state index contributed by atoms with van der Waals surface area (Å²) in [5.74, 6) is 0.329. The molecule has 2 heteroatoms. The first kappa shape index (κ1) is 26.8. The van der Waals surface area contributed by atoms with E-state index in [1.54, 1.807) is 17.8 Å². The molecule has 0 heterocycles. The van der Waals surface area contributed by atoms with Crippen molar-refractivity contribution in [2.75, 3.05) is 0 Å². The predicted octanol–water partition coefficient (Wildman–Crippen LogP) is 10.3. The van der Waals surface area contributed by atoms with Crippen LogP contribution in [-0.4, -0.2) is 5.11 Å². The molecule has 0 aliphatic rings. The number of benzene rings is 2. The van der Waals surface area contributed by atoms with Gasteiger partial charge in [0.2, 0.25) is 0 Å². The topological polar surface area (TPSA) is 20.2 Å². The highest BCUT2D eigenvalue weighted by molar-refractivity contribution is 7.99. The first-order valence-electron chi connectivity index (χ1n) is 13.3. The average Bonchev–Trinajstić information content (AvgIpc) is 2.80. The molecule has 0 bridgehead atoms. The number of phenols is 1. The summed E-state index contributed by atoms with van der Waals surface area (Å²) in [6.07, 6.45) is 24.0. The Kier molecular flexibility index (Phi) is 15.2. The lowest BCUT2D eigenvalue weighted by Crippen LogP contribution is -1.87. The van der Waals surface area contributed by atoms with Crippen LogP contribution < -0.4 is 0 Å². The highest BCUT2D eigenvalue weighted by Crippen LogP contribution is 2.30. The van der Waals surface area contributed by atoms with Crippen LogP contribution in [0.15, 0.2) is 58.3 Å². The second kappa shape index (κ2) is 18.1. The molecule has 0 unspecified atom stereocenters. The molecule has 0 atom stereocenters. The molecule has 1 N–H and O–H groups in total. The van der Waals surface area contributed by atoms with Gasteiger partial charge < -0.3 is 5.11 Å². The first-order valence-corrected chi connectivity index (χ1v) is 14.2. The normalized spacial score (nSPS) is 11.2. The minimum absolute atomic E-state index is 0.329. The van der Waals surface area contributed by atoms with Crippen LogP contribution in [0.2, 0.25) is 0 Å². The van der Waals surface area contributed by atoms with E-state index in [1.807, 2.05) is 18.2 Å². The number of hydrogen-bond donors (Lipinski definition) is 1. The molecule has 0 aliphatic heterocycles. The minimum Gasteiger partial charge on any atom is -0.508 e. The molecule has 32 heavy (non-hydrogen) atoms. The van der Waals surface area contributed by atoms with E-state index in [1.165, 1.54) is 120 Å².